The lowest BCUT2D eigenvalue weighted by molar-refractivity contribution is -0.150. The van der Waals surface area contributed by atoms with E-state index in [1.54, 1.807) is 42.0 Å². The van der Waals surface area contributed by atoms with Crippen LogP contribution in [0, 0.1) is 0 Å². The summed E-state index contributed by atoms with van der Waals surface area (Å²) < 4.78 is 0. The van der Waals surface area contributed by atoms with Gasteiger partial charge in [0.05, 0.1) is 0 Å². The van der Waals surface area contributed by atoms with Crippen LogP contribution in [-0.4, -0.2) is 90.2 Å². The van der Waals surface area contributed by atoms with Crippen molar-refractivity contribution in [2.24, 2.45) is 5.16 Å². The minimum Gasteiger partial charge on any atom is -0.508 e. The van der Waals surface area contributed by atoms with Gasteiger partial charge < -0.3 is 36.7 Å². The molecule has 4 aliphatic rings. The molecule has 18 heteroatoms. The molecule has 3 fully saturated rings. The average Bonchev–Trinajstić information content (AvgIpc) is 3.96. The Labute approximate surface area is 323 Å². The molecule has 5 heterocycles. The Hall–Kier alpha value is -5.75. The highest BCUT2D eigenvalue weighted by atomic mass is 32.2. The van der Waals surface area contributed by atoms with Crippen molar-refractivity contribution >= 4 is 63.5 Å². The number of aromatic nitrogens is 2. The molecule has 16 nitrogen and oxygen atoms in total. The number of aliphatic carboxylic acids is 1. The molecular weight excluding hydrogens is 749 g/mol. The van der Waals surface area contributed by atoms with Crippen LogP contribution in [0.5, 0.6) is 5.75 Å². The van der Waals surface area contributed by atoms with Crippen molar-refractivity contribution in [3.05, 3.63) is 93.4 Å². The molecule has 1 aromatic carbocycles. The Bertz CT molecular complexity index is 2110. The van der Waals surface area contributed by atoms with Crippen LogP contribution >= 0.6 is 23.1 Å². The number of amides is 4. The fourth-order valence-corrected chi connectivity index (χ4v) is 9.16. The number of nitrogens with two attached hydrogens (primary N) is 1. The molecule has 7 rings (SSSR count). The van der Waals surface area contributed by atoms with Gasteiger partial charge in [-0.2, -0.15) is 0 Å². The molecule has 7 N–H and O–H groups in total. The number of phenolic OH excluding ortho intramolecular Hbond substituents is 1. The molecule has 3 atom stereocenters. The van der Waals surface area contributed by atoms with Crippen LogP contribution in [0.3, 0.4) is 0 Å². The Balaban J connectivity index is 1.19. The number of fused-ring (bicyclic) bond motifs is 1. The van der Waals surface area contributed by atoms with Crippen LogP contribution < -0.4 is 21.7 Å². The minimum atomic E-state index is -1.40. The van der Waals surface area contributed by atoms with E-state index in [-0.39, 0.29) is 70.7 Å². The number of benzene rings is 1. The number of carboxylic acid groups (broad SMARTS) is 1. The number of pyridine rings is 1. The molecule has 286 valence electrons. The van der Waals surface area contributed by atoms with Crippen molar-refractivity contribution in [2.45, 2.75) is 68.5 Å². The van der Waals surface area contributed by atoms with Crippen LogP contribution in [0.4, 0.5) is 5.13 Å². The van der Waals surface area contributed by atoms with Gasteiger partial charge in [-0.1, -0.05) is 17.3 Å². The largest absolute Gasteiger partial charge is 0.508 e. The number of hydrogen-bond donors (Lipinski definition) is 6. The number of oxime groups is 1. The first-order chi connectivity index (χ1) is 26.6. The third-order valence-electron chi connectivity index (χ3n) is 9.86. The van der Waals surface area contributed by atoms with E-state index in [2.05, 4.69) is 31.1 Å². The van der Waals surface area contributed by atoms with Gasteiger partial charge in [-0.3, -0.25) is 29.1 Å². The molecule has 0 radical (unpaired) electrons. The average molecular weight is 787 g/mol. The number of rotatable bonds is 13. The monoisotopic (exact) mass is 786 g/mol. The molecule has 1 unspecified atom stereocenters. The standard InChI is InChI=1S/C37H38N8O8S2/c38-37-42-26(18-55-37)29(44-53-22-6-1-2-7-22)33(49)43-30-34(50)45-31(36(51)52)25(17-54-35(30)45)28(23-10-13-40-32(23)48)24(20-8-11-39-12-9-20)15-27(47)41-16-19-4-3-5-21(46)14-19/h3-5,8-9,11-12,14,18,22,24,30,35,46H,1-2,6-7,10,13,15-17H2,(H2,38,42)(H,40,48)(H,41,47)(H,43,49)(H,51,52)/t24?,30-,35-/m1/s1. The molecule has 0 bridgehead atoms. The summed E-state index contributed by atoms with van der Waals surface area (Å²) >= 11 is 2.35. The Kier molecular flexibility index (Phi) is 11.1. The van der Waals surface area contributed by atoms with Crippen molar-refractivity contribution in [3.8, 4) is 5.75 Å². The zero-order valence-electron chi connectivity index (χ0n) is 29.4. The zero-order valence-corrected chi connectivity index (χ0v) is 31.0. The number of anilines is 1. The summed E-state index contributed by atoms with van der Waals surface area (Å²) in [5.41, 5.74) is 7.72. The Morgan fingerprint density at radius 2 is 1.93 bits per heavy atom. The lowest BCUT2D eigenvalue weighted by Crippen LogP contribution is -2.71. The molecule has 55 heavy (non-hydrogen) atoms. The number of carboxylic acids is 1. The molecule has 2 saturated heterocycles. The lowest BCUT2D eigenvalue weighted by atomic mass is 9.80. The molecule has 0 spiro atoms. The first kappa shape index (κ1) is 37.6. The SMILES string of the molecule is Nc1nc(C(=NOC2CCCC2)C(=O)N[C@@H]2C(=O)N3C(C(=O)O)=C(C(=C4CCNC4=O)C(CC(=O)NCc4cccc(O)c4)c4ccncc4)CS[C@H]23)cs1. The number of carbonyl (C=O) groups is 5. The van der Waals surface area contributed by atoms with Gasteiger partial charge >= 0.3 is 5.97 Å². The van der Waals surface area contributed by atoms with Gasteiger partial charge in [0.1, 0.15) is 34.7 Å². The number of allylic oxidation sites excluding steroid dienone is 1. The molecule has 3 aliphatic heterocycles. The van der Waals surface area contributed by atoms with Crippen molar-refractivity contribution < 1.29 is 39.0 Å². The number of nitrogen functional groups attached to an aromatic ring is 1. The Morgan fingerprint density at radius 3 is 2.60 bits per heavy atom. The molecule has 2 aromatic heterocycles. The molecular formula is C37H38N8O8S2. The second kappa shape index (κ2) is 16.3. The highest BCUT2D eigenvalue weighted by molar-refractivity contribution is 8.00. The van der Waals surface area contributed by atoms with Crippen LogP contribution in [0.15, 0.2) is 81.7 Å². The first-order valence-electron chi connectivity index (χ1n) is 17.7. The van der Waals surface area contributed by atoms with Crippen molar-refractivity contribution in [1.82, 2.24) is 30.8 Å². The predicted octanol–water partition coefficient (Wildman–Crippen LogP) is 2.53. The number of nitrogens with zero attached hydrogens (tertiary/aromatic N) is 4. The van der Waals surface area contributed by atoms with Crippen LogP contribution in [0.25, 0.3) is 0 Å². The number of β-lactam (4-membered cyclic amide) rings is 1. The summed E-state index contributed by atoms with van der Waals surface area (Å²) in [6.07, 6.45) is 6.60. The molecule has 1 saturated carbocycles. The summed E-state index contributed by atoms with van der Waals surface area (Å²) in [5.74, 6) is -4.28. The minimum absolute atomic E-state index is 0.0510. The number of aromatic hydroxyl groups is 1. The van der Waals surface area contributed by atoms with Gasteiger partial charge in [0, 0.05) is 54.5 Å². The van der Waals surface area contributed by atoms with E-state index in [0.29, 0.717) is 28.8 Å². The number of hydrogen-bond acceptors (Lipinski definition) is 13. The van der Waals surface area contributed by atoms with E-state index in [1.165, 1.54) is 23.9 Å². The Morgan fingerprint density at radius 1 is 1.15 bits per heavy atom. The van der Waals surface area contributed by atoms with Crippen molar-refractivity contribution in [2.75, 3.05) is 18.0 Å². The van der Waals surface area contributed by atoms with Crippen molar-refractivity contribution in [1.29, 1.82) is 0 Å². The van der Waals surface area contributed by atoms with E-state index in [9.17, 15) is 34.2 Å². The van der Waals surface area contributed by atoms with Crippen molar-refractivity contribution in [3.63, 3.8) is 0 Å². The third kappa shape index (κ3) is 8.05. The van der Waals surface area contributed by atoms with E-state index < -0.39 is 41.0 Å². The summed E-state index contributed by atoms with van der Waals surface area (Å²) in [5, 5.41) is 34.1. The number of phenols is 1. The van der Waals surface area contributed by atoms with Gasteiger partial charge in [0.25, 0.3) is 11.8 Å². The summed E-state index contributed by atoms with van der Waals surface area (Å²) in [4.78, 5) is 82.8. The zero-order chi connectivity index (χ0) is 38.6. The van der Waals surface area contributed by atoms with Gasteiger partial charge in [-0.15, -0.1) is 23.1 Å². The van der Waals surface area contributed by atoms with E-state index in [1.807, 2.05) is 0 Å². The van der Waals surface area contributed by atoms with Gasteiger partial charge in [0.2, 0.25) is 11.8 Å². The van der Waals surface area contributed by atoms with Crippen LogP contribution in [0.2, 0.25) is 0 Å². The quantitative estimate of drug-likeness (QED) is 0.0635. The maximum absolute atomic E-state index is 13.9. The first-order valence-corrected chi connectivity index (χ1v) is 19.6. The van der Waals surface area contributed by atoms with Gasteiger partial charge in [0.15, 0.2) is 10.8 Å². The van der Waals surface area contributed by atoms with Gasteiger partial charge in [-0.25, -0.2) is 9.78 Å². The smallest absolute Gasteiger partial charge is 0.352 e. The van der Waals surface area contributed by atoms with Gasteiger partial charge in [-0.05, 0) is 78.6 Å². The molecule has 1 aliphatic carbocycles. The second-order valence-electron chi connectivity index (χ2n) is 13.4. The van der Waals surface area contributed by atoms with E-state index in [4.69, 9.17) is 10.6 Å². The summed E-state index contributed by atoms with van der Waals surface area (Å²) in [7, 11) is 0. The van der Waals surface area contributed by atoms with E-state index in [0.717, 1.165) is 41.9 Å². The predicted molar refractivity (Wildman–Crippen MR) is 202 cm³/mol. The number of thioether (sulfide) groups is 1. The maximum Gasteiger partial charge on any atom is 0.352 e. The topological polar surface area (TPSA) is 239 Å². The van der Waals surface area contributed by atoms with Crippen LogP contribution in [-0.2, 0) is 35.4 Å². The number of thiazole rings is 1. The molecule has 4 amide bonds. The molecule has 3 aromatic rings. The highest BCUT2D eigenvalue weighted by Gasteiger charge is 2.55. The second-order valence-corrected chi connectivity index (χ2v) is 15.4. The third-order valence-corrected chi connectivity index (χ3v) is 11.8. The number of carbonyl (C=O) groups excluding carboxylic acids is 4. The highest BCUT2D eigenvalue weighted by Crippen LogP contribution is 2.47. The maximum atomic E-state index is 13.9. The summed E-state index contributed by atoms with van der Waals surface area (Å²) in [6.45, 7) is 0.430. The summed E-state index contributed by atoms with van der Waals surface area (Å²) in [6, 6.07) is 8.76. The fraction of sp³-hybridized carbons (Fsp3) is 0.351. The number of nitrogens with one attached hydrogen (secondary N) is 3. The lowest BCUT2D eigenvalue weighted by Gasteiger charge is -2.50. The normalized spacial score (nSPS) is 21.4. The fourth-order valence-electron chi connectivity index (χ4n) is 7.24. The van der Waals surface area contributed by atoms with Crippen LogP contribution in [0.1, 0.15) is 61.3 Å². The van der Waals surface area contributed by atoms with E-state index >= 15 is 0 Å².